The maximum atomic E-state index is 12.1. The van der Waals surface area contributed by atoms with Crippen molar-refractivity contribution < 1.29 is 9.53 Å². The first-order valence-corrected chi connectivity index (χ1v) is 8.25. The largest absolute Gasteiger partial charge is 0.496 e. The number of thioether (sulfide) groups is 1. The van der Waals surface area contributed by atoms with Gasteiger partial charge in [-0.05, 0) is 59.0 Å². The molecule has 1 rings (SSSR count). The van der Waals surface area contributed by atoms with Gasteiger partial charge < -0.3 is 10.1 Å². The van der Waals surface area contributed by atoms with Crippen molar-refractivity contribution in [3.8, 4) is 5.75 Å². The van der Waals surface area contributed by atoms with Gasteiger partial charge in [0.25, 0.3) is 5.91 Å². The molecule has 0 bridgehead atoms. The molecule has 5 heteroatoms. The van der Waals surface area contributed by atoms with Crippen LogP contribution in [0.15, 0.2) is 22.7 Å². The second kappa shape index (κ2) is 8.48. The van der Waals surface area contributed by atoms with E-state index in [9.17, 15) is 4.79 Å². The smallest absolute Gasteiger partial charge is 0.251 e. The number of rotatable bonds is 7. The fourth-order valence-corrected chi connectivity index (χ4v) is 2.94. The second-order valence-electron chi connectivity index (χ2n) is 4.21. The average Bonchev–Trinajstić information content (AvgIpc) is 2.38. The minimum absolute atomic E-state index is 0.0441. The van der Waals surface area contributed by atoms with Crippen LogP contribution in [0.2, 0.25) is 0 Å². The van der Waals surface area contributed by atoms with Crippen LogP contribution >= 0.6 is 27.7 Å². The zero-order chi connectivity index (χ0) is 14.3. The SMILES string of the molecule is CCSCCC(C)NC(=O)c1ccc(OC)c(Br)c1. The summed E-state index contributed by atoms with van der Waals surface area (Å²) in [6.07, 6.45) is 0.988. The number of carbonyl (C=O) groups excluding carboxylic acids is 1. The number of carbonyl (C=O) groups is 1. The third-order valence-corrected chi connectivity index (χ3v) is 4.24. The van der Waals surface area contributed by atoms with E-state index < -0.39 is 0 Å². The van der Waals surface area contributed by atoms with Gasteiger partial charge in [0.2, 0.25) is 0 Å². The highest BCUT2D eigenvalue weighted by molar-refractivity contribution is 9.10. The molecule has 0 aliphatic rings. The topological polar surface area (TPSA) is 38.3 Å². The van der Waals surface area contributed by atoms with Crippen LogP contribution in [0.25, 0.3) is 0 Å². The van der Waals surface area contributed by atoms with Crippen molar-refractivity contribution >= 4 is 33.6 Å². The van der Waals surface area contributed by atoms with Gasteiger partial charge in [-0.15, -0.1) is 0 Å². The molecule has 0 saturated carbocycles. The average molecular weight is 346 g/mol. The fourth-order valence-electron chi connectivity index (χ4n) is 1.59. The van der Waals surface area contributed by atoms with Gasteiger partial charge in [-0.1, -0.05) is 6.92 Å². The summed E-state index contributed by atoms with van der Waals surface area (Å²) in [6.45, 7) is 4.18. The Labute approximate surface area is 127 Å². The molecule has 0 spiro atoms. The molecule has 1 aromatic rings. The van der Waals surface area contributed by atoms with E-state index in [1.807, 2.05) is 18.7 Å². The summed E-state index contributed by atoms with van der Waals surface area (Å²) in [4.78, 5) is 12.1. The maximum Gasteiger partial charge on any atom is 0.251 e. The van der Waals surface area contributed by atoms with E-state index in [0.29, 0.717) is 5.56 Å². The number of nitrogens with one attached hydrogen (secondary N) is 1. The molecule has 1 atom stereocenters. The molecule has 0 aliphatic carbocycles. The predicted molar refractivity (Wildman–Crippen MR) is 85.2 cm³/mol. The van der Waals surface area contributed by atoms with Gasteiger partial charge >= 0.3 is 0 Å². The van der Waals surface area contributed by atoms with E-state index in [-0.39, 0.29) is 11.9 Å². The molecule has 0 heterocycles. The lowest BCUT2D eigenvalue weighted by molar-refractivity contribution is 0.0939. The molecule has 1 N–H and O–H groups in total. The van der Waals surface area contributed by atoms with Gasteiger partial charge in [0.1, 0.15) is 5.75 Å². The van der Waals surface area contributed by atoms with Crippen molar-refractivity contribution in [3.63, 3.8) is 0 Å². The fraction of sp³-hybridized carbons (Fsp3) is 0.500. The summed E-state index contributed by atoms with van der Waals surface area (Å²) in [7, 11) is 1.60. The van der Waals surface area contributed by atoms with Crippen LogP contribution in [0.4, 0.5) is 0 Å². The molecular weight excluding hydrogens is 326 g/mol. The molecule has 0 fully saturated rings. The van der Waals surface area contributed by atoms with Crippen LogP contribution in [0, 0.1) is 0 Å². The number of amides is 1. The first-order chi connectivity index (χ1) is 9.08. The molecule has 0 radical (unpaired) electrons. The highest BCUT2D eigenvalue weighted by atomic mass is 79.9. The minimum atomic E-state index is -0.0441. The molecule has 0 saturated heterocycles. The quantitative estimate of drug-likeness (QED) is 0.765. The number of methoxy groups -OCH3 is 1. The lowest BCUT2D eigenvalue weighted by atomic mass is 10.2. The van der Waals surface area contributed by atoms with Crippen molar-refractivity contribution in [3.05, 3.63) is 28.2 Å². The number of hydrogen-bond donors (Lipinski definition) is 1. The van der Waals surface area contributed by atoms with Gasteiger partial charge in [-0.3, -0.25) is 4.79 Å². The lowest BCUT2D eigenvalue weighted by Crippen LogP contribution is -2.32. The standard InChI is InChI=1S/C14H20BrNO2S/c1-4-19-8-7-10(2)16-14(17)11-5-6-13(18-3)12(15)9-11/h5-6,9-10H,4,7-8H2,1-3H3,(H,16,17). The van der Waals surface area contributed by atoms with Gasteiger partial charge in [0, 0.05) is 11.6 Å². The molecule has 0 aromatic heterocycles. The molecule has 0 aliphatic heterocycles. The maximum absolute atomic E-state index is 12.1. The van der Waals surface area contributed by atoms with Crippen molar-refractivity contribution in [1.82, 2.24) is 5.32 Å². The van der Waals surface area contributed by atoms with Crippen molar-refractivity contribution in [2.75, 3.05) is 18.6 Å². The molecule has 106 valence electrons. The molecule has 19 heavy (non-hydrogen) atoms. The number of halogens is 1. The van der Waals surface area contributed by atoms with Crippen molar-refractivity contribution in [2.45, 2.75) is 26.3 Å². The molecule has 1 amide bonds. The van der Waals surface area contributed by atoms with E-state index in [1.54, 1.807) is 25.3 Å². The van der Waals surface area contributed by atoms with Gasteiger partial charge in [0.05, 0.1) is 11.6 Å². The van der Waals surface area contributed by atoms with Gasteiger partial charge in [-0.25, -0.2) is 0 Å². The number of benzene rings is 1. The molecule has 3 nitrogen and oxygen atoms in total. The van der Waals surface area contributed by atoms with E-state index >= 15 is 0 Å². The Morgan fingerprint density at radius 3 is 2.84 bits per heavy atom. The third kappa shape index (κ3) is 5.45. The Bertz CT molecular complexity index is 426. The summed E-state index contributed by atoms with van der Waals surface area (Å²) < 4.78 is 5.93. The summed E-state index contributed by atoms with van der Waals surface area (Å²) in [5.41, 5.74) is 0.641. The van der Waals surface area contributed by atoms with Crippen molar-refractivity contribution in [2.24, 2.45) is 0 Å². The van der Waals surface area contributed by atoms with Crippen molar-refractivity contribution in [1.29, 1.82) is 0 Å². The Morgan fingerprint density at radius 1 is 1.53 bits per heavy atom. The van der Waals surface area contributed by atoms with Crippen LogP contribution in [0.3, 0.4) is 0 Å². The summed E-state index contributed by atoms with van der Waals surface area (Å²) >= 11 is 5.28. The Morgan fingerprint density at radius 2 is 2.26 bits per heavy atom. The van der Waals surface area contributed by atoms with Crippen LogP contribution in [-0.2, 0) is 0 Å². The Kier molecular flexibility index (Phi) is 7.31. The van der Waals surface area contributed by atoms with Crippen LogP contribution < -0.4 is 10.1 Å². The molecule has 1 aromatic carbocycles. The zero-order valence-corrected chi connectivity index (χ0v) is 13.9. The predicted octanol–water partition coefficient (Wildman–Crippen LogP) is 3.72. The van der Waals surface area contributed by atoms with Gasteiger partial charge in [-0.2, -0.15) is 11.8 Å². The number of ether oxygens (including phenoxy) is 1. The van der Waals surface area contributed by atoms with E-state index in [1.165, 1.54) is 0 Å². The first kappa shape index (κ1) is 16.4. The summed E-state index contributed by atoms with van der Waals surface area (Å²) in [6, 6.07) is 5.53. The minimum Gasteiger partial charge on any atom is -0.496 e. The summed E-state index contributed by atoms with van der Waals surface area (Å²) in [5.74, 6) is 2.87. The zero-order valence-electron chi connectivity index (χ0n) is 11.5. The monoisotopic (exact) mass is 345 g/mol. The highest BCUT2D eigenvalue weighted by Gasteiger charge is 2.11. The van der Waals surface area contributed by atoms with Crippen LogP contribution in [0.1, 0.15) is 30.6 Å². The normalized spacial score (nSPS) is 12.0. The molecular formula is C14H20BrNO2S. The second-order valence-corrected chi connectivity index (χ2v) is 6.46. The van der Waals surface area contributed by atoms with Gasteiger partial charge in [0.15, 0.2) is 0 Å². The van der Waals surface area contributed by atoms with Crippen LogP contribution in [0.5, 0.6) is 5.75 Å². The number of hydrogen-bond acceptors (Lipinski definition) is 3. The third-order valence-electron chi connectivity index (χ3n) is 2.69. The molecule has 1 unspecified atom stereocenters. The summed E-state index contributed by atoms with van der Waals surface area (Å²) in [5, 5.41) is 3.01. The Balaban J connectivity index is 2.55. The van der Waals surface area contributed by atoms with E-state index in [4.69, 9.17) is 4.74 Å². The van der Waals surface area contributed by atoms with E-state index in [0.717, 1.165) is 28.1 Å². The Hall–Kier alpha value is -0.680. The van der Waals surface area contributed by atoms with Crippen LogP contribution in [-0.4, -0.2) is 30.6 Å². The highest BCUT2D eigenvalue weighted by Crippen LogP contribution is 2.25. The first-order valence-electron chi connectivity index (χ1n) is 6.30. The van der Waals surface area contributed by atoms with E-state index in [2.05, 4.69) is 28.2 Å². The lowest BCUT2D eigenvalue weighted by Gasteiger charge is -2.14.